The molecule has 94 valence electrons. The van der Waals surface area contributed by atoms with E-state index in [2.05, 4.69) is 36.4 Å². The van der Waals surface area contributed by atoms with E-state index in [4.69, 9.17) is 8.83 Å². The maximum atomic E-state index is 5.48. The van der Waals surface area contributed by atoms with Crippen LogP contribution in [0.2, 0.25) is 0 Å². The van der Waals surface area contributed by atoms with Crippen LogP contribution in [0.5, 0.6) is 0 Å². The predicted molar refractivity (Wildman–Crippen MR) is 81.0 cm³/mol. The van der Waals surface area contributed by atoms with E-state index >= 15 is 0 Å². The first-order chi connectivity index (χ1) is 9.87. The van der Waals surface area contributed by atoms with Crippen molar-refractivity contribution in [3.63, 3.8) is 0 Å². The van der Waals surface area contributed by atoms with E-state index in [-0.39, 0.29) is 0 Å². The summed E-state index contributed by atoms with van der Waals surface area (Å²) in [6, 6.07) is 16.9. The Morgan fingerprint density at radius 3 is 1.35 bits per heavy atom. The fourth-order valence-electron chi connectivity index (χ4n) is 2.92. The number of rotatable bonds is 0. The van der Waals surface area contributed by atoms with Crippen LogP contribution in [0.1, 0.15) is 0 Å². The minimum absolute atomic E-state index is 0.927. The van der Waals surface area contributed by atoms with Crippen molar-refractivity contribution < 1.29 is 8.83 Å². The minimum Gasteiger partial charge on any atom is -0.464 e. The highest BCUT2D eigenvalue weighted by molar-refractivity contribution is 6.06. The van der Waals surface area contributed by atoms with Gasteiger partial charge >= 0.3 is 0 Å². The van der Waals surface area contributed by atoms with E-state index in [9.17, 15) is 0 Å². The molecule has 0 saturated carbocycles. The topological polar surface area (TPSA) is 26.3 Å². The van der Waals surface area contributed by atoms with E-state index in [1.165, 1.54) is 21.5 Å². The summed E-state index contributed by atoms with van der Waals surface area (Å²) in [5, 5.41) is 7.11. The average molecular weight is 258 g/mol. The van der Waals surface area contributed by atoms with Crippen LogP contribution >= 0.6 is 0 Å². The van der Waals surface area contributed by atoms with Crippen LogP contribution < -0.4 is 0 Å². The van der Waals surface area contributed by atoms with Crippen molar-refractivity contribution in [1.29, 1.82) is 0 Å². The summed E-state index contributed by atoms with van der Waals surface area (Å²) in [6.07, 6.45) is 3.47. The Balaban J connectivity index is 1.98. The molecule has 0 saturated heterocycles. The lowest BCUT2D eigenvalue weighted by atomic mass is 10.0. The quantitative estimate of drug-likeness (QED) is 0.343. The molecule has 2 nitrogen and oxygen atoms in total. The maximum Gasteiger partial charge on any atom is 0.134 e. The van der Waals surface area contributed by atoms with E-state index in [0.717, 1.165) is 21.9 Å². The molecule has 0 aliphatic heterocycles. The molecule has 0 N–H and O–H groups in total. The third kappa shape index (κ3) is 1.28. The van der Waals surface area contributed by atoms with Crippen LogP contribution in [-0.4, -0.2) is 0 Å². The van der Waals surface area contributed by atoms with E-state index in [1.807, 2.05) is 12.1 Å². The summed E-state index contributed by atoms with van der Waals surface area (Å²) in [5.74, 6) is 0. The van der Waals surface area contributed by atoms with Gasteiger partial charge in [-0.3, -0.25) is 0 Å². The van der Waals surface area contributed by atoms with Crippen molar-refractivity contribution in [1.82, 2.24) is 0 Å². The number of fused-ring (bicyclic) bond motifs is 4. The molecule has 0 fully saturated rings. The van der Waals surface area contributed by atoms with Gasteiger partial charge in [0.2, 0.25) is 0 Å². The smallest absolute Gasteiger partial charge is 0.134 e. The Kier molecular flexibility index (Phi) is 1.73. The first kappa shape index (κ1) is 10.1. The third-order valence-corrected chi connectivity index (χ3v) is 3.94. The Hall–Kier alpha value is -2.74. The Bertz CT molecular complexity index is 926. The molecule has 2 heterocycles. The first-order valence-electron chi connectivity index (χ1n) is 6.59. The van der Waals surface area contributed by atoms with Crippen LogP contribution in [0.15, 0.2) is 69.9 Å². The molecule has 0 radical (unpaired) electrons. The highest BCUT2D eigenvalue weighted by Crippen LogP contribution is 2.30. The highest BCUT2D eigenvalue weighted by atomic mass is 16.3. The van der Waals surface area contributed by atoms with Gasteiger partial charge in [-0.25, -0.2) is 0 Å². The molecule has 0 unspecified atom stereocenters. The Morgan fingerprint density at radius 2 is 0.850 bits per heavy atom. The third-order valence-electron chi connectivity index (χ3n) is 3.94. The summed E-state index contributed by atoms with van der Waals surface area (Å²) >= 11 is 0. The Morgan fingerprint density at radius 1 is 0.450 bits per heavy atom. The van der Waals surface area contributed by atoms with Gasteiger partial charge in [0.1, 0.15) is 11.2 Å². The molecule has 0 spiro atoms. The second-order valence-corrected chi connectivity index (χ2v) is 5.17. The molecule has 2 heteroatoms. The summed E-state index contributed by atoms with van der Waals surface area (Å²) in [4.78, 5) is 0. The molecule has 2 aromatic heterocycles. The molecule has 0 atom stereocenters. The summed E-state index contributed by atoms with van der Waals surface area (Å²) < 4.78 is 11.0. The van der Waals surface area contributed by atoms with Crippen LogP contribution in [0.3, 0.4) is 0 Å². The van der Waals surface area contributed by atoms with Gasteiger partial charge in [-0.1, -0.05) is 0 Å². The number of benzene rings is 3. The summed E-state index contributed by atoms with van der Waals surface area (Å²) in [5.41, 5.74) is 1.85. The van der Waals surface area contributed by atoms with Crippen LogP contribution in [-0.2, 0) is 0 Å². The molecule has 0 amide bonds. The fraction of sp³-hybridized carbons (Fsp3) is 0. The predicted octanol–water partition coefficient (Wildman–Crippen LogP) is 5.49. The van der Waals surface area contributed by atoms with E-state index in [1.54, 1.807) is 12.5 Å². The molecule has 3 aromatic carbocycles. The zero-order chi connectivity index (χ0) is 13.1. The van der Waals surface area contributed by atoms with Crippen LogP contribution in [0.25, 0.3) is 43.5 Å². The highest BCUT2D eigenvalue weighted by Gasteiger charge is 2.05. The number of hydrogen-bond acceptors (Lipinski definition) is 2. The van der Waals surface area contributed by atoms with Gasteiger partial charge in [0, 0.05) is 10.8 Å². The van der Waals surface area contributed by atoms with Crippen molar-refractivity contribution in [3.05, 3.63) is 61.1 Å². The summed E-state index contributed by atoms with van der Waals surface area (Å²) in [7, 11) is 0. The lowest BCUT2D eigenvalue weighted by Gasteiger charge is -2.03. The lowest BCUT2D eigenvalue weighted by molar-refractivity contribution is 0.616. The van der Waals surface area contributed by atoms with Gasteiger partial charge in [0.05, 0.1) is 12.5 Å². The molecule has 5 aromatic rings. The van der Waals surface area contributed by atoms with Gasteiger partial charge in [-0.2, -0.15) is 0 Å². The van der Waals surface area contributed by atoms with Crippen LogP contribution in [0.4, 0.5) is 0 Å². The lowest BCUT2D eigenvalue weighted by Crippen LogP contribution is -1.77. The van der Waals surface area contributed by atoms with Gasteiger partial charge in [-0.05, 0) is 70.1 Å². The fourth-order valence-corrected chi connectivity index (χ4v) is 2.92. The standard InChI is InChI=1S/C18H10O2/c1-3-19-17-9-15-8-16-10-18-12(2-4-20-18)6-14(16)7-13(15)5-11(1)17/h1-10H. The molecule has 0 bridgehead atoms. The molecular weight excluding hydrogens is 248 g/mol. The Labute approximate surface area is 114 Å². The minimum atomic E-state index is 0.927. The molecular formula is C18H10O2. The molecule has 20 heavy (non-hydrogen) atoms. The average Bonchev–Trinajstić information content (AvgIpc) is 3.07. The number of furan rings is 2. The van der Waals surface area contributed by atoms with Crippen molar-refractivity contribution in [2.45, 2.75) is 0 Å². The monoisotopic (exact) mass is 258 g/mol. The van der Waals surface area contributed by atoms with E-state index in [0.29, 0.717) is 0 Å². The van der Waals surface area contributed by atoms with Gasteiger partial charge in [0.25, 0.3) is 0 Å². The largest absolute Gasteiger partial charge is 0.464 e. The number of hydrogen-bond donors (Lipinski definition) is 0. The van der Waals surface area contributed by atoms with E-state index < -0.39 is 0 Å². The van der Waals surface area contributed by atoms with Gasteiger partial charge < -0.3 is 8.83 Å². The van der Waals surface area contributed by atoms with Crippen molar-refractivity contribution in [2.75, 3.05) is 0 Å². The second kappa shape index (κ2) is 3.42. The van der Waals surface area contributed by atoms with Crippen molar-refractivity contribution in [3.8, 4) is 0 Å². The van der Waals surface area contributed by atoms with Crippen molar-refractivity contribution >= 4 is 43.5 Å². The molecule has 0 aliphatic carbocycles. The first-order valence-corrected chi connectivity index (χ1v) is 6.59. The van der Waals surface area contributed by atoms with Gasteiger partial charge in [-0.15, -0.1) is 0 Å². The normalized spacial score (nSPS) is 12.0. The SMILES string of the molecule is c1cc2cc3cc4cc5ccoc5cc4cc3cc2o1. The van der Waals surface area contributed by atoms with Crippen molar-refractivity contribution in [2.24, 2.45) is 0 Å². The molecule has 0 aliphatic rings. The zero-order valence-electron chi connectivity index (χ0n) is 10.6. The van der Waals surface area contributed by atoms with Gasteiger partial charge in [0.15, 0.2) is 0 Å². The molecule has 5 rings (SSSR count). The zero-order valence-corrected chi connectivity index (χ0v) is 10.6. The summed E-state index contributed by atoms with van der Waals surface area (Å²) in [6.45, 7) is 0. The van der Waals surface area contributed by atoms with Crippen LogP contribution in [0, 0.1) is 0 Å². The second-order valence-electron chi connectivity index (χ2n) is 5.17. The maximum absolute atomic E-state index is 5.48.